The molecule has 0 amide bonds. The Morgan fingerprint density at radius 1 is 1.00 bits per heavy atom. The van der Waals surface area contributed by atoms with Gasteiger partial charge in [0.05, 0.1) is 37.7 Å². The lowest BCUT2D eigenvalue weighted by Crippen LogP contribution is -2.28. The van der Waals surface area contributed by atoms with Crippen LogP contribution in [0.2, 0.25) is 0 Å². The van der Waals surface area contributed by atoms with Crippen LogP contribution in [0, 0.1) is 0 Å². The monoisotopic (exact) mass is 443 g/mol. The first kappa shape index (κ1) is 22.9. The van der Waals surface area contributed by atoms with Gasteiger partial charge in [0.25, 0.3) is 0 Å². The molecular weight excluding hydrogens is 417 g/mol. The average Bonchev–Trinajstić information content (AvgIpc) is 3.23. The predicted molar refractivity (Wildman–Crippen MR) is 117 cm³/mol. The number of carbonyl (C=O) groups is 1. The zero-order chi connectivity index (χ0) is 22.1. The standard InChI is InChI=1S/C22H26N3O5P/c1-3-28-31(27,29-4-2)17-20(30-22(26)19-13-9-6-10-14-19)15-25-16-21(23-24-25)18-11-7-5-8-12-18/h5-14,16,20H,3-4,15,17H2,1-2H3. The van der Waals surface area contributed by atoms with E-state index < -0.39 is 19.7 Å². The highest BCUT2D eigenvalue weighted by atomic mass is 31.2. The van der Waals surface area contributed by atoms with Crippen molar-refractivity contribution >= 4 is 13.6 Å². The van der Waals surface area contributed by atoms with Gasteiger partial charge < -0.3 is 13.8 Å². The Balaban J connectivity index is 1.80. The van der Waals surface area contributed by atoms with Gasteiger partial charge in [-0.05, 0) is 26.0 Å². The fourth-order valence-corrected chi connectivity index (χ4v) is 4.81. The van der Waals surface area contributed by atoms with Crippen LogP contribution in [0.1, 0.15) is 24.2 Å². The van der Waals surface area contributed by atoms with E-state index in [1.165, 1.54) is 0 Å². The van der Waals surface area contributed by atoms with Crippen molar-refractivity contribution in [1.29, 1.82) is 0 Å². The molecule has 0 aliphatic rings. The second-order valence-corrected chi connectivity index (χ2v) is 8.82. The van der Waals surface area contributed by atoms with Crippen LogP contribution in [0.5, 0.6) is 0 Å². The molecule has 8 nitrogen and oxygen atoms in total. The Kier molecular flexibility index (Phi) is 8.12. The van der Waals surface area contributed by atoms with Gasteiger partial charge in [-0.15, -0.1) is 5.10 Å². The Bertz CT molecular complexity index is 1000. The number of hydrogen-bond acceptors (Lipinski definition) is 7. The zero-order valence-electron chi connectivity index (χ0n) is 17.6. The maximum absolute atomic E-state index is 13.1. The normalized spacial score (nSPS) is 12.5. The summed E-state index contributed by atoms with van der Waals surface area (Å²) in [5, 5.41) is 8.33. The van der Waals surface area contributed by atoms with Crippen LogP contribution in [0.4, 0.5) is 0 Å². The molecule has 0 aliphatic heterocycles. The summed E-state index contributed by atoms with van der Waals surface area (Å²) < 4.78 is 31.1. The molecule has 3 rings (SSSR count). The molecule has 0 N–H and O–H groups in total. The van der Waals surface area contributed by atoms with E-state index in [1.54, 1.807) is 49.0 Å². The van der Waals surface area contributed by atoms with Crippen molar-refractivity contribution in [3.05, 3.63) is 72.4 Å². The SMILES string of the molecule is CCOP(=O)(CC(Cn1cc(-c2ccccc2)nn1)OC(=O)c1ccccc1)OCC. The van der Waals surface area contributed by atoms with E-state index in [9.17, 15) is 9.36 Å². The maximum Gasteiger partial charge on any atom is 0.338 e. The van der Waals surface area contributed by atoms with Gasteiger partial charge in [-0.25, -0.2) is 9.48 Å². The molecule has 9 heteroatoms. The van der Waals surface area contributed by atoms with Crippen molar-refractivity contribution in [2.45, 2.75) is 26.5 Å². The molecule has 31 heavy (non-hydrogen) atoms. The Labute approximate surface area is 181 Å². The van der Waals surface area contributed by atoms with Crippen LogP contribution in [-0.4, -0.2) is 46.4 Å². The number of hydrogen-bond donors (Lipinski definition) is 0. The van der Waals surface area contributed by atoms with Gasteiger partial charge in [-0.3, -0.25) is 4.57 Å². The third kappa shape index (κ3) is 6.59. The number of ether oxygens (including phenoxy) is 1. The summed E-state index contributed by atoms with van der Waals surface area (Å²) in [5.74, 6) is -0.520. The van der Waals surface area contributed by atoms with Crippen LogP contribution < -0.4 is 0 Å². The summed E-state index contributed by atoms with van der Waals surface area (Å²) >= 11 is 0. The van der Waals surface area contributed by atoms with E-state index >= 15 is 0 Å². The molecule has 1 heterocycles. The van der Waals surface area contributed by atoms with Crippen LogP contribution >= 0.6 is 7.60 Å². The van der Waals surface area contributed by atoms with E-state index in [1.807, 2.05) is 36.4 Å². The molecule has 1 aromatic heterocycles. The number of nitrogens with zero attached hydrogens (tertiary/aromatic N) is 3. The second kappa shape index (κ2) is 11.0. The van der Waals surface area contributed by atoms with E-state index in [2.05, 4.69) is 10.3 Å². The molecular formula is C22H26N3O5P. The fourth-order valence-electron chi connectivity index (χ4n) is 3.05. The van der Waals surface area contributed by atoms with Crippen LogP contribution in [0.25, 0.3) is 11.3 Å². The lowest BCUT2D eigenvalue weighted by atomic mass is 10.2. The van der Waals surface area contributed by atoms with Crippen molar-refractivity contribution < 1.29 is 23.1 Å². The third-order valence-corrected chi connectivity index (χ3v) is 6.52. The van der Waals surface area contributed by atoms with Gasteiger partial charge in [0.15, 0.2) is 0 Å². The van der Waals surface area contributed by atoms with Gasteiger partial charge in [-0.2, -0.15) is 0 Å². The minimum atomic E-state index is -3.45. The zero-order valence-corrected chi connectivity index (χ0v) is 18.5. The van der Waals surface area contributed by atoms with E-state index in [0.717, 1.165) is 5.56 Å². The highest BCUT2D eigenvalue weighted by Gasteiger charge is 2.31. The Morgan fingerprint density at radius 3 is 2.23 bits per heavy atom. The summed E-state index contributed by atoms with van der Waals surface area (Å²) in [6.07, 6.45) is 0.876. The van der Waals surface area contributed by atoms with Crippen LogP contribution in [0.3, 0.4) is 0 Å². The van der Waals surface area contributed by atoms with E-state index in [0.29, 0.717) is 11.3 Å². The minimum absolute atomic E-state index is 0.0895. The first-order valence-corrected chi connectivity index (χ1v) is 11.9. The largest absolute Gasteiger partial charge is 0.456 e. The van der Waals surface area contributed by atoms with Crippen molar-refractivity contribution in [2.75, 3.05) is 19.4 Å². The topological polar surface area (TPSA) is 92.5 Å². The van der Waals surface area contributed by atoms with Gasteiger partial charge in [-0.1, -0.05) is 53.7 Å². The van der Waals surface area contributed by atoms with Gasteiger partial charge in [0, 0.05) is 5.56 Å². The Hall–Kier alpha value is -2.80. The van der Waals surface area contributed by atoms with E-state index in [-0.39, 0.29) is 25.9 Å². The maximum atomic E-state index is 13.1. The summed E-state index contributed by atoms with van der Waals surface area (Å²) in [4.78, 5) is 12.6. The summed E-state index contributed by atoms with van der Waals surface area (Å²) in [6.45, 7) is 4.07. The van der Waals surface area contributed by atoms with Gasteiger partial charge in [0.2, 0.25) is 0 Å². The third-order valence-electron chi connectivity index (χ3n) is 4.36. The first-order chi connectivity index (χ1) is 15.0. The molecule has 2 aromatic carbocycles. The number of rotatable bonds is 11. The predicted octanol–water partition coefficient (Wildman–Crippen LogP) is 4.44. The molecule has 0 saturated heterocycles. The minimum Gasteiger partial charge on any atom is -0.456 e. The van der Waals surface area contributed by atoms with Gasteiger partial charge in [0.1, 0.15) is 11.8 Å². The quantitative estimate of drug-likeness (QED) is 0.320. The lowest BCUT2D eigenvalue weighted by Gasteiger charge is -2.23. The summed E-state index contributed by atoms with van der Waals surface area (Å²) in [7, 11) is -3.45. The lowest BCUT2D eigenvalue weighted by molar-refractivity contribution is 0.0289. The Morgan fingerprint density at radius 2 is 1.61 bits per heavy atom. The number of benzene rings is 2. The molecule has 0 radical (unpaired) electrons. The van der Waals surface area contributed by atoms with Crippen molar-refractivity contribution in [1.82, 2.24) is 15.0 Å². The van der Waals surface area contributed by atoms with Gasteiger partial charge >= 0.3 is 13.6 Å². The molecule has 1 atom stereocenters. The molecule has 0 spiro atoms. The highest BCUT2D eigenvalue weighted by molar-refractivity contribution is 7.53. The molecule has 1 unspecified atom stereocenters. The van der Waals surface area contributed by atoms with Crippen molar-refractivity contribution in [3.8, 4) is 11.3 Å². The molecule has 0 saturated carbocycles. The second-order valence-electron chi connectivity index (χ2n) is 6.71. The number of carbonyl (C=O) groups excluding carboxylic acids is 1. The smallest absolute Gasteiger partial charge is 0.338 e. The van der Waals surface area contributed by atoms with Crippen LogP contribution in [-0.2, 0) is 24.9 Å². The van der Waals surface area contributed by atoms with Crippen LogP contribution in [0.15, 0.2) is 66.9 Å². The molecule has 0 bridgehead atoms. The fraction of sp³-hybridized carbons (Fsp3) is 0.318. The number of esters is 1. The average molecular weight is 443 g/mol. The highest BCUT2D eigenvalue weighted by Crippen LogP contribution is 2.49. The summed E-state index contributed by atoms with van der Waals surface area (Å²) in [6, 6.07) is 18.2. The van der Waals surface area contributed by atoms with Crippen molar-refractivity contribution in [3.63, 3.8) is 0 Å². The first-order valence-electron chi connectivity index (χ1n) is 10.1. The van der Waals surface area contributed by atoms with Crippen molar-refractivity contribution in [2.24, 2.45) is 0 Å². The molecule has 164 valence electrons. The molecule has 0 aliphatic carbocycles. The molecule has 0 fully saturated rings. The molecule has 3 aromatic rings. The summed E-state index contributed by atoms with van der Waals surface area (Å²) in [5.41, 5.74) is 2.01. The number of aromatic nitrogens is 3. The van der Waals surface area contributed by atoms with E-state index in [4.69, 9.17) is 13.8 Å².